The molecule has 0 saturated heterocycles. The SMILES string of the molecule is C=CCN1C(=O)N=C(C)C(Cc2nnc(SCC(=O)NCC(=O)OCC)o2)C1=O. The molecule has 0 saturated carbocycles. The van der Waals surface area contributed by atoms with Crippen LogP contribution in [0.25, 0.3) is 0 Å². The van der Waals surface area contributed by atoms with E-state index in [0.717, 1.165) is 16.7 Å². The summed E-state index contributed by atoms with van der Waals surface area (Å²) in [6, 6.07) is -0.626. The third-order valence-electron chi connectivity index (χ3n) is 3.77. The molecule has 1 N–H and O–H groups in total. The minimum atomic E-state index is -0.696. The van der Waals surface area contributed by atoms with E-state index in [9.17, 15) is 19.2 Å². The number of nitrogens with one attached hydrogen (secondary N) is 1. The van der Waals surface area contributed by atoms with Crippen molar-refractivity contribution in [1.29, 1.82) is 0 Å². The van der Waals surface area contributed by atoms with Gasteiger partial charge < -0.3 is 14.5 Å². The average Bonchev–Trinajstić information content (AvgIpc) is 3.13. The van der Waals surface area contributed by atoms with Crippen LogP contribution in [0.1, 0.15) is 19.7 Å². The molecule has 11 nitrogen and oxygen atoms in total. The van der Waals surface area contributed by atoms with Crippen molar-refractivity contribution in [3.8, 4) is 0 Å². The van der Waals surface area contributed by atoms with Crippen molar-refractivity contribution in [2.45, 2.75) is 25.5 Å². The van der Waals surface area contributed by atoms with Crippen molar-refractivity contribution >= 4 is 41.3 Å². The Kier molecular flexibility index (Phi) is 8.07. The Morgan fingerprint density at radius 3 is 2.83 bits per heavy atom. The molecule has 1 aliphatic rings. The van der Waals surface area contributed by atoms with Gasteiger partial charge in [-0.3, -0.25) is 19.3 Å². The van der Waals surface area contributed by atoms with E-state index in [4.69, 9.17) is 9.15 Å². The van der Waals surface area contributed by atoms with Gasteiger partial charge in [0.2, 0.25) is 17.7 Å². The summed E-state index contributed by atoms with van der Waals surface area (Å²) in [5, 5.41) is 10.3. The number of carbonyl (C=O) groups is 4. The van der Waals surface area contributed by atoms with Gasteiger partial charge in [-0.15, -0.1) is 16.8 Å². The Morgan fingerprint density at radius 2 is 2.14 bits per heavy atom. The molecule has 0 aliphatic carbocycles. The number of thioether (sulfide) groups is 1. The standard InChI is InChI=1S/C17H21N5O6S/c1-4-6-22-15(25)11(10(3)19-16(22)26)7-13-20-21-17(28-13)29-9-12(23)18-8-14(24)27-5-2/h4,11H,1,5-9H2,2-3H3,(H,18,23). The van der Waals surface area contributed by atoms with Crippen LogP contribution in [-0.2, 0) is 25.5 Å². The summed E-state index contributed by atoms with van der Waals surface area (Å²) >= 11 is 0.990. The summed E-state index contributed by atoms with van der Waals surface area (Å²) in [6.07, 6.45) is 1.52. The zero-order chi connectivity index (χ0) is 21.4. The molecule has 1 aliphatic heterocycles. The number of rotatable bonds is 10. The van der Waals surface area contributed by atoms with Crippen molar-refractivity contribution < 1.29 is 28.3 Å². The van der Waals surface area contributed by atoms with E-state index in [2.05, 4.69) is 27.1 Å². The third kappa shape index (κ3) is 6.24. The molecule has 0 bridgehead atoms. The maximum Gasteiger partial charge on any atom is 0.350 e. The second kappa shape index (κ2) is 10.5. The van der Waals surface area contributed by atoms with Crippen LogP contribution < -0.4 is 5.32 Å². The third-order valence-corrected chi connectivity index (χ3v) is 4.59. The molecule has 0 spiro atoms. The van der Waals surface area contributed by atoms with Crippen molar-refractivity contribution in [3.05, 3.63) is 18.5 Å². The first-order valence-corrected chi connectivity index (χ1v) is 9.73. The summed E-state index contributed by atoms with van der Waals surface area (Å²) in [5.74, 6) is -1.88. The van der Waals surface area contributed by atoms with E-state index in [1.54, 1.807) is 13.8 Å². The van der Waals surface area contributed by atoms with Gasteiger partial charge in [0.25, 0.3) is 5.22 Å². The molecular weight excluding hydrogens is 402 g/mol. The summed E-state index contributed by atoms with van der Waals surface area (Å²) in [7, 11) is 0. The Bertz CT molecular complexity index is 836. The number of hydrogen-bond acceptors (Lipinski definition) is 9. The van der Waals surface area contributed by atoms with Crippen molar-refractivity contribution in [2.75, 3.05) is 25.4 Å². The highest BCUT2D eigenvalue weighted by Gasteiger charge is 2.36. The van der Waals surface area contributed by atoms with Crippen LogP contribution in [0.2, 0.25) is 0 Å². The number of hydrogen-bond donors (Lipinski definition) is 1. The van der Waals surface area contributed by atoms with Crippen molar-refractivity contribution in [2.24, 2.45) is 10.9 Å². The fourth-order valence-electron chi connectivity index (χ4n) is 2.40. The molecule has 0 radical (unpaired) electrons. The summed E-state index contributed by atoms with van der Waals surface area (Å²) < 4.78 is 10.2. The molecule has 1 unspecified atom stereocenters. The highest BCUT2D eigenvalue weighted by Crippen LogP contribution is 2.21. The number of esters is 1. The topological polar surface area (TPSA) is 144 Å². The monoisotopic (exact) mass is 423 g/mol. The number of amides is 4. The quantitative estimate of drug-likeness (QED) is 0.325. The Balaban J connectivity index is 1.90. The lowest BCUT2D eigenvalue weighted by molar-refractivity contribution is -0.143. The molecule has 1 atom stereocenters. The molecule has 1 aromatic heterocycles. The number of aromatic nitrogens is 2. The molecule has 156 valence electrons. The van der Waals surface area contributed by atoms with Gasteiger partial charge in [0, 0.05) is 18.7 Å². The molecule has 0 aromatic carbocycles. The van der Waals surface area contributed by atoms with Crippen LogP contribution >= 0.6 is 11.8 Å². The normalized spacial score (nSPS) is 16.4. The number of carbonyl (C=O) groups excluding carboxylic acids is 4. The molecule has 4 amide bonds. The zero-order valence-corrected chi connectivity index (χ0v) is 16.9. The lowest BCUT2D eigenvalue weighted by Crippen LogP contribution is -2.46. The average molecular weight is 423 g/mol. The first-order chi connectivity index (χ1) is 13.8. The van der Waals surface area contributed by atoms with Gasteiger partial charge in [-0.2, -0.15) is 0 Å². The molecule has 2 heterocycles. The fraction of sp³-hybridized carbons (Fsp3) is 0.471. The van der Waals surface area contributed by atoms with E-state index >= 15 is 0 Å². The van der Waals surface area contributed by atoms with Gasteiger partial charge in [-0.05, 0) is 13.8 Å². The highest BCUT2D eigenvalue weighted by atomic mass is 32.2. The molecule has 0 fully saturated rings. The van der Waals surface area contributed by atoms with E-state index in [1.165, 1.54) is 6.08 Å². The summed E-state index contributed by atoms with van der Waals surface area (Å²) in [5.41, 5.74) is 0.367. The molecule has 2 rings (SSSR count). The van der Waals surface area contributed by atoms with Crippen molar-refractivity contribution in [3.63, 3.8) is 0 Å². The minimum Gasteiger partial charge on any atom is -0.465 e. The van der Waals surface area contributed by atoms with Gasteiger partial charge in [0.1, 0.15) is 6.54 Å². The van der Waals surface area contributed by atoms with Crippen molar-refractivity contribution in [1.82, 2.24) is 20.4 Å². The molecular formula is C17H21N5O6S. The first kappa shape index (κ1) is 22.3. The Hall–Kier alpha value is -3.02. The van der Waals surface area contributed by atoms with Gasteiger partial charge in [-0.1, -0.05) is 17.8 Å². The first-order valence-electron chi connectivity index (χ1n) is 8.74. The molecule has 1 aromatic rings. The van der Waals surface area contributed by atoms with Gasteiger partial charge in [0.05, 0.1) is 18.3 Å². The second-order valence-electron chi connectivity index (χ2n) is 5.86. The Labute approximate surface area is 170 Å². The predicted octanol–water partition coefficient (Wildman–Crippen LogP) is 0.609. The van der Waals surface area contributed by atoms with Gasteiger partial charge in [-0.25, -0.2) is 9.79 Å². The van der Waals surface area contributed by atoms with Crippen LogP contribution in [0.3, 0.4) is 0 Å². The van der Waals surface area contributed by atoms with Crippen LogP contribution in [-0.4, -0.2) is 70.1 Å². The second-order valence-corrected chi connectivity index (χ2v) is 6.79. The number of ether oxygens (including phenoxy) is 1. The number of imide groups is 1. The number of urea groups is 1. The molecule has 12 heteroatoms. The fourth-order valence-corrected chi connectivity index (χ4v) is 3.01. The smallest absolute Gasteiger partial charge is 0.350 e. The van der Waals surface area contributed by atoms with E-state index < -0.39 is 29.7 Å². The lowest BCUT2D eigenvalue weighted by atomic mass is 9.97. The van der Waals surface area contributed by atoms with Crippen LogP contribution in [0.4, 0.5) is 4.79 Å². The maximum atomic E-state index is 12.5. The van der Waals surface area contributed by atoms with E-state index in [0.29, 0.717) is 5.71 Å². The minimum absolute atomic E-state index is 0.0362. The Morgan fingerprint density at radius 1 is 1.38 bits per heavy atom. The molecule has 29 heavy (non-hydrogen) atoms. The summed E-state index contributed by atoms with van der Waals surface area (Å²) in [4.78, 5) is 52.2. The van der Waals surface area contributed by atoms with Crippen LogP contribution in [0, 0.1) is 5.92 Å². The van der Waals surface area contributed by atoms with Crippen LogP contribution in [0.15, 0.2) is 27.3 Å². The van der Waals surface area contributed by atoms with E-state index in [1.807, 2.05) is 0 Å². The highest BCUT2D eigenvalue weighted by molar-refractivity contribution is 7.99. The largest absolute Gasteiger partial charge is 0.465 e. The van der Waals surface area contributed by atoms with E-state index in [-0.39, 0.29) is 43.0 Å². The summed E-state index contributed by atoms with van der Waals surface area (Å²) in [6.45, 7) is 6.87. The lowest BCUT2D eigenvalue weighted by Gasteiger charge is -2.27. The van der Waals surface area contributed by atoms with Gasteiger partial charge >= 0.3 is 12.0 Å². The zero-order valence-electron chi connectivity index (χ0n) is 16.0. The number of nitrogens with zero attached hydrogens (tertiary/aromatic N) is 4. The number of aliphatic imine (C=N–C) groups is 1. The van der Waals surface area contributed by atoms with Crippen LogP contribution in [0.5, 0.6) is 0 Å². The predicted molar refractivity (Wildman–Crippen MR) is 102 cm³/mol. The maximum absolute atomic E-state index is 12.5. The van der Waals surface area contributed by atoms with Gasteiger partial charge in [0.15, 0.2) is 0 Å².